The van der Waals surface area contributed by atoms with Crippen LogP contribution < -0.4 is 16.0 Å². The third kappa shape index (κ3) is 8.47. The minimum Gasteiger partial charge on any atom is -0.480 e. The van der Waals surface area contributed by atoms with Crippen molar-refractivity contribution < 1.29 is 24.3 Å². The molecule has 0 aromatic heterocycles. The van der Waals surface area contributed by atoms with Gasteiger partial charge in [0.15, 0.2) is 0 Å². The van der Waals surface area contributed by atoms with E-state index in [1.807, 2.05) is 34.6 Å². The molecule has 1 saturated heterocycles. The van der Waals surface area contributed by atoms with Gasteiger partial charge >= 0.3 is 5.97 Å². The molecule has 0 spiro atoms. The molecule has 1 heterocycles. The van der Waals surface area contributed by atoms with Gasteiger partial charge in [0.1, 0.15) is 18.1 Å². The van der Waals surface area contributed by atoms with Crippen molar-refractivity contribution in [1.82, 2.24) is 20.9 Å². The summed E-state index contributed by atoms with van der Waals surface area (Å²) in [6.07, 6.45) is 3.68. The van der Waals surface area contributed by atoms with Gasteiger partial charge < -0.3 is 20.6 Å². The minimum atomic E-state index is -1.10. The van der Waals surface area contributed by atoms with Crippen molar-refractivity contribution in [2.24, 2.45) is 11.3 Å². The SMILES string of the molecule is CC[C@H](C)[C@H](NC(=O)[C@H](C)N(C=O)[C@H]1CCCN1)C(=O)N[C@@H](CCC(C)(C)C)C(=O)O. The van der Waals surface area contributed by atoms with E-state index in [1.165, 1.54) is 4.90 Å². The van der Waals surface area contributed by atoms with E-state index in [0.717, 1.165) is 19.4 Å². The lowest BCUT2D eigenvalue weighted by atomic mass is 9.88. The van der Waals surface area contributed by atoms with Crippen molar-refractivity contribution in [3.8, 4) is 0 Å². The molecule has 9 nitrogen and oxygen atoms in total. The molecule has 31 heavy (non-hydrogen) atoms. The van der Waals surface area contributed by atoms with Gasteiger partial charge in [0.25, 0.3) is 0 Å². The van der Waals surface area contributed by atoms with Gasteiger partial charge in [0, 0.05) is 0 Å². The highest BCUT2D eigenvalue weighted by molar-refractivity contribution is 5.92. The largest absolute Gasteiger partial charge is 0.480 e. The Bertz CT molecular complexity index is 628. The number of carboxylic acid groups (broad SMARTS) is 1. The summed E-state index contributed by atoms with van der Waals surface area (Å²) in [6.45, 7) is 12.2. The first-order valence-electron chi connectivity index (χ1n) is 11.2. The van der Waals surface area contributed by atoms with Gasteiger partial charge in [0.2, 0.25) is 18.2 Å². The zero-order valence-electron chi connectivity index (χ0n) is 19.7. The Kier molecular flexibility index (Phi) is 10.4. The van der Waals surface area contributed by atoms with Gasteiger partial charge in [-0.25, -0.2) is 4.79 Å². The fourth-order valence-electron chi connectivity index (χ4n) is 3.56. The molecule has 1 rings (SSSR count). The standard InChI is InChI=1S/C22H40N4O5/c1-7-14(2)18(20(29)24-16(21(30)31)10-11-22(4,5)6)25-19(28)15(3)26(13-27)17-9-8-12-23-17/h13-18,23H,7-12H2,1-6H3,(H,24,29)(H,25,28)(H,30,31)/t14-,15-,16-,17-,18-/m0/s1. The highest BCUT2D eigenvalue weighted by atomic mass is 16.4. The molecule has 9 heteroatoms. The fourth-order valence-corrected chi connectivity index (χ4v) is 3.56. The maximum atomic E-state index is 13.0. The smallest absolute Gasteiger partial charge is 0.326 e. The molecule has 4 N–H and O–H groups in total. The first kappa shape index (κ1) is 26.9. The second-order valence-corrected chi connectivity index (χ2v) is 9.71. The summed E-state index contributed by atoms with van der Waals surface area (Å²) in [5.74, 6) is -2.27. The number of nitrogens with zero attached hydrogens (tertiary/aromatic N) is 1. The summed E-state index contributed by atoms with van der Waals surface area (Å²) in [5.41, 5.74) is -0.0647. The van der Waals surface area contributed by atoms with Crippen LogP contribution in [0.2, 0.25) is 0 Å². The molecule has 0 bridgehead atoms. The molecule has 0 aromatic carbocycles. The predicted molar refractivity (Wildman–Crippen MR) is 118 cm³/mol. The molecule has 5 atom stereocenters. The number of carbonyl (C=O) groups is 4. The average molecular weight is 441 g/mol. The molecule has 178 valence electrons. The monoisotopic (exact) mass is 440 g/mol. The van der Waals surface area contributed by atoms with Crippen LogP contribution in [0.4, 0.5) is 0 Å². The van der Waals surface area contributed by atoms with E-state index in [0.29, 0.717) is 25.7 Å². The van der Waals surface area contributed by atoms with Crippen molar-refractivity contribution in [3.63, 3.8) is 0 Å². The topological polar surface area (TPSA) is 128 Å². The van der Waals surface area contributed by atoms with Gasteiger partial charge in [-0.05, 0) is 50.5 Å². The van der Waals surface area contributed by atoms with Gasteiger partial charge in [-0.15, -0.1) is 0 Å². The Balaban J connectivity index is 2.88. The van der Waals surface area contributed by atoms with E-state index in [1.54, 1.807) is 6.92 Å². The van der Waals surface area contributed by atoms with Gasteiger partial charge in [-0.3, -0.25) is 19.7 Å². The summed E-state index contributed by atoms with van der Waals surface area (Å²) in [4.78, 5) is 50.5. The average Bonchev–Trinajstić information content (AvgIpc) is 3.22. The fraction of sp³-hybridized carbons (Fsp3) is 0.818. The number of nitrogens with one attached hydrogen (secondary N) is 3. The molecule has 1 aliphatic rings. The highest BCUT2D eigenvalue weighted by Gasteiger charge is 2.34. The van der Waals surface area contributed by atoms with E-state index in [9.17, 15) is 24.3 Å². The molecule has 0 saturated carbocycles. The normalized spacial score (nSPS) is 20.3. The number of hydrogen-bond acceptors (Lipinski definition) is 5. The Labute approximate surface area is 185 Å². The third-order valence-corrected chi connectivity index (χ3v) is 5.93. The van der Waals surface area contributed by atoms with Crippen LogP contribution in [0.25, 0.3) is 0 Å². The second kappa shape index (κ2) is 12.0. The Hall–Kier alpha value is -2.16. The van der Waals surface area contributed by atoms with E-state index in [4.69, 9.17) is 0 Å². The van der Waals surface area contributed by atoms with Crippen LogP contribution in [0.1, 0.15) is 73.6 Å². The number of carbonyl (C=O) groups excluding carboxylic acids is 3. The van der Waals surface area contributed by atoms with Crippen LogP contribution in [-0.4, -0.2) is 65.0 Å². The van der Waals surface area contributed by atoms with Crippen molar-refractivity contribution >= 4 is 24.2 Å². The van der Waals surface area contributed by atoms with Gasteiger partial charge in [-0.2, -0.15) is 0 Å². The van der Waals surface area contributed by atoms with Crippen LogP contribution in [-0.2, 0) is 19.2 Å². The molecule has 1 aliphatic heterocycles. The Morgan fingerprint density at radius 2 is 1.84 bits per heavy atom. The second-order valence-electron chi connectivity index (χ2n) is 9.71. The Morgan fingerprint density at radius 3 is 2.29 bits per heavy atom. The van der Waals surface area contributed by atoms with Gasteiger partial charge in [0.05, 0.1) is 6.17 Å². The van der Waals surface area contributed by atoms with E-state index < -0.39 is 35.9 Å². The number of amides is 3. The number of carboxylic acids is 1. The lowest BCUT2D eigenvalue weighted by Crippen LogP contribution is -2.58. The summed E-state index contributed by atoms with van der Waals surface area (Å²) < 4.78 is 0. The summed E-state index contributed by atoms with van der Waals surface area (Å²) in [6, 6.07) is -2.67. The molecular weight excluding hydrogens is 400 g/mol. The van der Waals surface area contributed by atoms with Crippen LogP contribution in [0, 0.1) is 11.3 Å². The molecule has 1 fully saturated rings. The lowest BCUT2D eigenvalue weighted by Gasteiger charge is -2.32. The zero-order chi connectivity index (χ0) is 23.8. The van der Waals surface area contributed by atoms with E-state index in [-0.39, 0.29) is 17.5 Å². The molecular formula is C22H40N4O5. The predicted octanol–water partition coefficient (Wildman–Crippen LogP) is 1.47. The number of rotatable bonds is 12. The summed E-state index contributed by atoms with van der Waals surface area (Å²) in [7, 11) is 0. The minimum absolute atomic E-state index is 0.0647. The molecule has 0 aliphatic carbocycles. The summed E-state index contributed by atoms with van der Waals surface area (Å²) >= 11 is 0. The number of hydrogen-bond donors (Lipinski definition) is 4. The molecule has 3 amide bonds. The lowest BCUT2D eigenvalue weighted by molar-refractivity contribution is -0.143. The van der Waals surface area contributed by atoms with Gasteiger partial charge in [-0.1, -0.05) is 41.0 Å². The zero-order valence-corrected chi connectivity index (χ0v) is 19.7. The van der Waals surface area contributed by atoms with E-state index >= 15 is 0 Å². The first-order valence-corrected chi connectivity index (χ1v) is 11.2. The van der Waals surface area contributed by atoms with Crippen LogP contribution >= 0.6 is 0 Å². The maximum Gasteiger partial charge on any atom is 0.326 e. The first-order chi connectivity index (χ1) is 14.4. The molecule has 0 radical (unpaired) electrons. The Morgan fingerprint density at radius 1 is 1.19 bits per heavy atom. The number of aliphatic carboxylic acids is 1. The summed E-state index contributed by atoms with van der Waals surface area (Å²) in [5, 5.41) is 18.1. The maximum absolute atomic E-state index is 13.0. The van der Waals surface area contributed by atoms with Crippen molar-refractivity contribution in [2.75, 3.05) is 6.54 Å². The quantitative estimate of drug-likeness (QED) is 0.340. The van der Waals surface area contributed by atoms with Crippen molar-refractivity contribution in [2.45, 2.75) is 97.9 Å². The van der Waals surface area contributed by atoms with Crippen LogP contribution in [0.5, 0.6) is 0 Å². The van der Waals surface area contributed by atoms with E-state index in [2.05, 4.69) is 16.0 Å². The molecule has 0 aromatic rings. The third-order valence-electron chi connectivity index (χ3n) is 5.93. The van der Waals surface area contributed by atoms with Crippen LogP contribution in [0.3, 0.4) is 0 Å². The highest BCUT2D eigenvalue weighted by Crippen LogP contribution is 2.22. The van der Waals surface area contributed by atoms with Crippen molar-refractivity contribution in [1.29, 1.82) is 0 Å². The van der Waals surface area contributed by atoms with Crippen molar-refractivity contribution in [3.05, 3.63) is 0 Å². The van der Waals surface area contributed by atoms with Crippen LogP contribution in [0.15, 0.2) is 0 Å². The molecule has 0 unspecified atom stereocenters.